The lowest BCUT2D eigenvalue weighted by Gasteiger charge is -2.37. The summed E-state index contributed by atoms with van der Waals surface area (Å²) in [5.41, 5.74) is 7.48. The first-order valence-electron chi connectivity index (χ1n) is 9.71. The fourth-order valence-corrected chi connectivity index (χ4v) is 3.69. The first kappa shape index (κ1) is 19.4. The Bertz CT molecular complexity index is 892. The zero-order valence-corrected chi connectivity index (χ0v) is 16.3. The van der Waals surface area contributed by atoms with Gasteiger partial charge in [-0.1, -0.05) is 0 Å². The van der Waals surface area contributed by atoms with Crippen LogP contribution in [0.4, 0.5) is 5.82 Å². The van der Waals surface area contributed by atoms with Crippen LogP contribution in [0.25, 0.3) is 5.69 Å². The van der Waals surface area contributed by atoms with E-state index in [1.54, 1.807) is 31.2 Å². The molecule has 1 aromatic carbocycles. The molecule has 0 aliphatic carbocycles. The van der Waals surface area contributed by atoms with Crippen molar-refractivity contribution in [2.24, 2.45) is 0 Å². The number of ether oxygens (including phenoxy) is 3. The van der Waals surface area contributed by atoms with Gasteiger partial charge in [0.15, 0.2) is 5.79 Å². The third-order valence-corrected chi connectivity index (χ3v) is 5.29. The van der Waals surface area contributed by atoms with E-state index < -0.39 is 11.8 Å². The Morgan fingerprint density at radius 1 is 1.17 bits per heavy atom. The maximum absolute atomic E-state index is 12.8. The van der Waals surface area contributed by atoms with Crippen LogP contribution in [0.2, 0.25) is 0 Å². The highest BCUT2D eigenvalue weighted by Crippen LogP contribution is 2.31. The van der Waals surface area contributed by atoms with Crippen LogP contribution < -0.4 is 5.73 Å². The number of likely N-dealkylation sites (tertiary alicyclic amines) is 1. The Morgan fingerprint density at radius 3 is 2.45 bits per heavy atom. The summed E-state index contributed by atoms with van der Waals surface area (Å²) in [4.78, 5) is 26.5. The van der Waals surface area contributed by atoms with Crippen LogP contribution >= 0.6 is 0 Å². The van der Waals surface area contributed by atoms with E-state index in [0.29, 0.717) is 50.4 Å². The monoisotopic (exact) mass is 400 g/mol. The molecule has 2 aromatic rings. The van der Waals surface area contributed by atoms with Crippen molar-refractivity contribution in [3.63, 3.8) is 0 Å². The van der Waals surface area contributed by atoms with Gasteiger partial charge in [0.25, 0.3) is 5.91 Å². The van der Waals surface area contributed by atoms with Crippen molar-refractivity contribution < 1.29 is 23.8 Å². The summed E-state index contributed by atoms with van der Waals surface area (Å²) >= 11 is 0. The van der Waals surface area contributed by atoms with E-state index in [1.165, 1.54) is 10.9 Å². The maximum atomic E-state index is 12.8. The van der Waals surface area contributed by atoms with E-state index in [2.05, 4.69) is 5.10 Å². The van der Waals surface area contributed by atoms with Crippen molar-refractivity contribution in [2.75, 3.05) is 38.6 Å². The van der Waals surface area contributed by atoms with E-state index in [9.17, 15) is 9.59 Å². The predicted molar refractivity (Wildman–Crippen MR) is 104 cm³/mol. The molecule has 2 aliphatic rings. The zero-order chi connectivity index (χ0) is 20.4. The van der Waals surface area contributed by atoms with Crippen molar-refractivity contribution in [3.8, 4) is 5.69 Å². The third kappa shape index (κ3) is 3.70. The van der Waals surface area contributed by atoms with Gasteiger partial charge in [0.05, 0.1) is 31.7 Å². The Kier molecular flexibility index (Phi) is 5.25. The van der Waals surface area contributed by atoms with Gasteiger partial charge in [-0.15, -0.1) is 0 Å². The predicted octanol–water partition coefficient (Wildman–Crippen LogP) is 1.61. The van der Waals surface area contributed by atoms with E-state index in [1.807, 2.05) is 4.90 Å². The van der Waals surface area contributed by atoms with Gasteiger partial charge in [0.2, 0.25) is 0 Å². The normalized spacial score (nSPS) is 18.2. The molecule has 0 saturated carbocycles. The number of piperidine rings is 1. The lowest BCUT2D eigenvalue weighted by Crippen LogP contribution is -2.47. The molecular weight excluding hydrogens is 376 g/mol. The molecule has 9 nitrogen and oxygen atoms in total. The molecule has 0 bridgehead atoms. The number of aromatic nitrogens is 2. The Labute approximate surface area is 168 Å². The second-order valence-corrected chi connectivity index (χ2v) is 7.02. The summed E-state index contributed by atoms with van der Waals surface area (Å²) in [7, 11) is 0. The summed E-state index contributed by atoms with van der Waals surface area (Å²) < 4.78 is 17.8. The summed E-state index contributed by atoms with van der Waals surface area (Å²) in [5.74, 6) is -0.860. The van der Waals surface area contributed by atoms with E-state index in [-0.39, 0.29) is 23.9 Å². The average molecular weight is 400 g/mol. The van der Waals surface area contributed by atoms with Gasteiger partial charge in [-0.05, 0) is 31.2 Å². The van der Waals surface area contributed by atoms with Gasteiger partial charge in [-0.3, -0.25) is 4.79 Å². The number of benzene rings is 1. The highest BCUT2D eigenvalue weighted by atomic mass is 16.7. The summed E-state index contributed by atoms with van der Waals surface area (Å²) in [6.45, 7) is 4.40. The number of carbonyl (C=O) groups is 2. The molecule has 2 aliphatic heterocycles. The number of amides is 1. The second-order valence-electron chi connectivity index (χ2n) is 7.02. The van der Waals surface area contributed by atoms with Crippen molar-refractivity contribution in [3.05, 3.63) is 41.6 Å². The van der Waals surface area contributed by atoms with Gasteiger partial charge in [-0.25, -0.2) is 9.48 Å². The smallest absolute Gasteiger partial charge is 0.343 e. The molecule has 1 amide bonds. The molecule has 1 spiro atoms. The number of hydrogen-bond donors (Lipinski definition) is 1. The molecule has 3 heterocycles. The maximum Gasteiger partial charge on any atom is 0.343 e. The van der Waals surface area contributed by atoms with Crippen molar-refractivity contribution >= 4 is 17.7 Å². The molecule has 0 unspecified atom stereocenters. The topological polar surface area (TPSA) is 109 Å². The molecule has 29 heavy (non-hydrogen) atoms. The molecule has 154 valence electrons. The fourth-order valence-electron chi connectivity index (χ4n) is 3.69. The largest absolute Gasteiger partial charge is 0.462 e. The molecule has 2 N–H and O–H groups in total. The minimum absolute atomic E-state index is 0.0370. The average Bonchev–Trinajstić information content (AvgIpc) is 3.35. The van der Waals surface area contributed by atoms with Gasteiger partial charge in [-0.2, -0.15) is 5.10 Å². The number of carbonyl (C=O) groups excluding carboxylic acids is 2. The number of anilines is 1. The lowest BCUT2D eigenvalue weighted by atomic mass is 10.0. The van der Waals surface area contributed by atoms with Crippen LogP contribution in [0.5, 0.6) is 0 Å². The minimum atomic E-state index is -0.513. The van der Waals surface area contributed by atoms with Gasteiger partial charge < -0.3 is 24.8 Å². The zero-order valence-electron chi connectivity index (χ0n) is 16.3. The molecule has 2 saturated heterocycles. The highest BCUT2D eigenvalue weighted by Gasteiger charge is 2.40. The quantitative estimate of drug-likeness (QED) is 0.777. The highest BCUT2D eigenvalue weighted by molar-refractivity contribution is 5.95. The van der Waals surface area contributed by atoms with Gasteiger partial charge >= 0.3 is 5.97 Å². The minimum Gasteiger partial charge on any atom is -0.462 e. The van der Waals surface area contributed by atoms with E-state index >= 15 is 0 Å². The number of nitrogens with two attached hydrogens (primary N) is 1. The summed E-state index contributed by atoms with van der Waals surface area (Å²) in [6.07, 6.45) is 2.73. The van der Waals surface area contributed by atoms with Crippen LogP contribution in [0, 0.1) is 0 Å². The SMILES string of the molecule is CCOC(=O)c1cnn(-c2ccc(C(=O)N3CCC4(CC3)OCCO4)cc2)c1N. The van der Waals surface area contributed by atoms with Gasteiger partial charge in [0, 0.05) is 31.5 Å². The molecule has 4 rings (SSSR count). The molecule has 1 aromatic heterocycles. The number of hydrogen-bond acceptors (Lipinski definition) is 7. The van der Waals surface area contributed by atoms with Crippen molar-refractivity contribution in [2.45, 2.75) is 25.6 Å². The van der Waals surface area contributed by atoms with E-state index in [0.717, 1.165) is 0 Å². The molecule has 9 heteroatoms. The number of nitrogen functional groups attached to an aromatic ring is 1. The summed E-state index contributed by atoms with van der Waals surface area (Å²) in [5, 5.41) is 4.16. The standard InChI is InChI=1S/C20H24N4O5/c1-2-27-19(26)16-13-22-24(17(16)21)15-5-3-14(4-6-15)18(25)23-9-7-20(8-10-23)28-11-12-29-20/h3-6,13H,2,7-12,21H2,1H3. The number of esters is 1. The Morgan fingerprint density at radius 2 is 1.83 bits per heavy atom. The Balaban J connectivity index is 1.44. The Hall–Kier alpha value is -2.91. The number of rotatable bonds is 4. The lowest BCUT2D eigenvalue weighted by molar-refractivity contribution is -0.181. The van der Waals surface area contributed by atoms with Crippen LogP contribution in [-0.2, 0) is 14.2 Å². The first-order chi connectivity index (χ1) is 14.0. The first-order valence-corrected chi connectivity index (χ1v) is 9.71. The summed E-state index contributed by atoms with van der Waals surface area (Å²) in [6, 6.07) is 6.96. The molecule has 0 radical (unpaired) electrons. The second kappa shape index (κ2) is 7.84. The van der Waals surface area contributed by atoms with Crippen LogP contribution in [0.3, 0.4) is 0 Å². The van der Waals surface area contributed by atoms with Crippen LogP contribution in [-0.4, -0.2) is 65.3 Å². The van der Waals surface area contributed by atoms with E-state index in [4.69, 9.17) is 19.9 Å². The van der Waals surface area contributed by atoms with Gasteiger partial charge in [0.1, 0.15) is 11.4 Å². The van der Waals surface area contributed by atoms with Crippen LogP contribution in [0.15, 0.2) is 30.5 Å². The third-order valence-electron chi connectivity index (χ3n) is 5.29. The van der Waals surface area contributed by atoms with Crippen LogP contribution in [0.1, 0.15) is 40.5 Å². The number of nitrogens with zero attached hydrogens (tertiary/aromatic N) is 3. The fraction of sp³-hybridized carbons (Fsp3) is 0.450. The molecule has 2 fully saturated rings. The molecule has 0 atom stereocenters. The van der Waals surface area contributed by atoms with Crippen molar-refractivity contribution in [1.82, 2.24) is 14.7 Å². The molecular formula is C20H24N4O5. The van der Waals surface area contributed by atoms with Crippen molar-refractivity contribution in [1.29, 1.82) is 0 Å².